The van der Waals surface area contributed by atoms with Gasteiger partial charge in [0.15, 0.2) is 11.0 Å². The molecular weight excluding hydrogens is 439 g/mol. The predicted octanol–water partition coefficient (Wildman–Crippen LogP) is 4.80. The van der Waals surface area contributed by atoms with Crippen LogP contribution >= 0.6 is 11.8 Å². The van der Waals surface area contributed by atoms with Crippen LogP contribution in [0.25, 0.3) is 17.1 Å². The molecule has 168 valence electrons. The Morgan fingerprint density at radius 1 is 1.03 bits per heavy atom. The normalized spacial score (nSPS) is 10.8. The van der Waals surface area contributed by atoms with E-state index in [-0.39, 0.29) is 17.5 Å². The molecule has 1 amide bonds. The number of ether oxygens (including phenoxy) is 1. The summed E-state index contributed by atoms with van der Waals surface area (Å²) in [5.41, 5.74) is 3.13. The fraction of sp³-hybridized carbons (Fsp3) is 0.160. The molecule has 1 heterocycles. The third-order valence-electron chi connectivity index (χ3n) is 5.04. The number of rotatable bonds is 8. The molecule has 1 aromatic heterocycles. The topological polar surface area (TPSA) is 69.0 Å². The number of benzene rings is 3. The minimum atomic E-state index is -0.385. The number of carbonyl (C=O) groups is 1. The van der Waals surface area contributed by atoms with E-state index in [1.54, 1.807) is 29.9 Å². The summed E-state index contributed by atoms with van der Waals surface area (Å²) in [4.78, 5) is 12.5. The number of methoxy groups -OCH3 is 1. The molecule has 0 fully saturated rings. The van der Waals surface area contributed by atoms with E-state index < -0.39 is 0 Å². The monoisotopic (exact) mass is 462 g/mol. The largest absolute Gasteiger partial charge is 0.496 e. The second kappa shape index (κ2) is 10.3. The molecule has 0 spiro atoms. The van der Waals surface area contributed by atoms with Gasteiger partial charge in [0.05, 0.1) is 18.4 Å². The fourth-order valence-electron chi connectivity index (χ4n) is 3.33. The number of halogens is 1. The van der Waals surface area contributed by atoms with E-state index in [1.807, 2.05) is 55.5 Å². The van der Waals surface area contributed by atoms with Crippen LogP contribution in [0.3, 0.4) is 0 Å². The lowest BCUT2D eigenvalue weighted by molar-refractivity contribution is -0.118. The van der Waals surface area contributed by atoms with Crippen molar-refractivity contribution in [2.24, 2.45) is 0 Å². The van der Waals surface area contributed by atoms with Crippen molar-refractivity contribution in [3.05, 3.63) is 89.7 Å². The summed E-state index contributed by atoms with van der Waals surface area (Å²) >= 11 is 1.24. The number of carbonyl (C=O) groups excluding carboxylic acids is 1. The van der Waals surface area contributed by atoms with Gasteiger partial charge < -0.3 is 10.1 Å². The zero-order valence-corrected chi connectivity index (χ0v) is 19.1. The molecule has 3 aromatic carbocycles. The van der Waals surface area contributed by atoms with Crippen LogP contribution in [0, 0.1) is 12.7 Å². The maximum atomic E-state index is 14.5. The number of aromatic nitrogens is 3. The molecule has 0 aliphatic heterocycles. The maximum Gasteiger partial charge on any atom is 0.230 e. The molecule has 4 rings (SSSR count). The van der Waals surface area contributed by atoms with Crippen molar-refractivity contribution >= 4 is 17.7 Å². The molecule has 0 unspecified atom stereocenters. The molecule has 0 aliphatic rings. The lowest BCUT2D eigenvalue weighted by Gasteiger charge is -2.12. The van der Waals surface area contributed by atoms with E-state index >= 15 is 0 Å². The minimum Gasteiger partial charge on any atom is -0.496 e. The third kappa shape index (κ3) is 5.23. The lowest BCUT2D eigenvalue weighted by atomic mass is 10.2. The summed E-state index contributed by atoms with van der Waals surface area (Å²) in [7, 11) is 1.60. The highest BCUT2D eigenvalue weighted by atomic mass is 32.2. The highest BCUT2D eigenvalue weighted by Gasteiger charge is 2.19. The number of aryl methyl sites for hydroxylation is 1. The van der Waals surface area contributed by atoms with E-state index in [2.05, 4.69) is 15.5 Å². The van der Waals surface area contributed by atoms with Crippen LogP contribution in [0.2, 0.25) is 0 Å². The molecule has 0 atom stereocenters. The number of hydrogen-bond donors (Lipinski definition) is 1. The second-order valence-corrected chi connectivity index (χ2v) is 8.28. The zero-order valence-electron chi connectivity index (χ0n) is 18.3. The van der Waals surface area contributed by atoms with Crippen LogP contribution in [-0.2, 0) is 11.3 Å². The van der Waals surface area contributed by atoms with Gasteiger partial charge in [0, 0.05) is 17.8 Å². The van der Waals surface area contributed by atoms with Crippen molar-refractivity contribution in [3.8, 4) is 22.8 Å². The Balaban J connectivity index is 1.54. The Labute approximate surface area is 195 Å². The fourth-order valence-corrected chi connectivity index (χ4v) is 4.11. The van der Waals surface area contributed by atoms with Gasteiger partial charge in [-0.15, -0.1) is 10.2 Å². The van der Waals surface area contributed by atoms with Gasteiger partial charge in [0.1, 0.15) is 11.6 Å². The van der Waals surface area contributed by atoms with Crippen molar-refractivity contribution in [1.82, 2.24) is 20.1 Å². The first-order chi connectivity index (χ1) is 16.1. The van der Waals surface area contributed by atoms with Gasteiger partial charge in [0.25, 0.3) is 0 Å². The van der Waals surface area contributed by atoms with Crippen LogP contribution < -0.4 is 10.1 Å². The van der Waals surface area contributed by atoms with E-state index in [0.29, 0.717) is 23.1 Å². The number of nitrogens with zero attached hydrogens (tertiary/aromatic N) is 3. The Morgan fingerprint density at radius 3 is 2.52 bits per heavy atom. The minimum absolute atomic E-state index is 0.135. The van der Waals surface area contributed by atoms with E-state index in [9.17, 15) is 9.18 Å². The van der Waals surface area contributed by atoms with E-state index in [0.717, 1.165) is 22.6 Å². The van der Waals surface area contributed by atoms with Crippen LogP contribution in [-0.4, -0.2) is 33.5 Å². The van der Waals surface area contributed by atoms with E-state index in [1.165, 1.54) is 17.8 Å². The van der Waals surface area contributed by atoms with Gasteiger partial charge in [-0.05, 0) is 37.3 Å². The average Bonchev–Trinajstić information content (AvgIpc) is 3.26. The van der Waals surface area contributed by atoms with Gasteiger partial charge in [-0.3, -0.25) is 9.36 Å². The first-order valence-electron chi connectivity index (χ1n) is 10.4. The first-order valence-corrected chi connectivity index (χ1v) is 11.3. The number of amides is 1. The smallest absolute Gasteiger partial charge is 0.230 e. The maximum absolute atomic E-state index is 14.5. The zero-order chi connectivity index (χ0) is 23.2. The van der Waals surface area contributed by atoms with Gasteiger partial charge in [-0.25, -0.2) is 4.39 Å². The molecule has 0 radical (unpaired) electrons. The summed E-state index contributed by atoms with van der Waals surface area (Å²) in [6.07, 6.45) is 0. The summed E-state index contributed by atoms with van der Waals surface area (Å²) in [5, 5.41) is 11.9. The second-order valence-electron chi connectivity index (χ2n) is 7.33. The van der Waals surface area contributed by atoms with Crippen molar-refractivity contribution in [2.75, 3.05) is 12.9 Å². The van der Waals surface area contributed by atoms with Gasteiger partial charge in [-0.2, -0.15) is 0 Å². The lowest BCUT2D eigenvalue weighted by Crippen LogP contribution is -2.25. The van der Waals surface area contributed by atoms with E-state index in [4.69, 9.17) is 4.74 Å². The molecule has 0 aliphatic carbocycles. The summed E-state index contributed by atoms with van der Waals surface area (Å²) < 4.78 is 21.6. The van der Waals surface area contributed by atoms with Crippen LogP contribution in [0.4, 0.5) is 4.39 Å². The molecule has 0 bridgehead atoms. The SMILES string of the molecule is COc1ccccc1CNC(=O)CSc1nnc(-c2ccccc2F)n1-c1ccc(C)cc1. The van der Waals surface area contributed by atoms with Crippen molar-refractivity contribution in [1.29, 1.82) is 0 Å². The highest BCUT2D eigenvalue weighted by Crippen LogP contribution is 2.29. The quantitative estimate of drug-likeness (QED) is 0.381. The van der Waals surface area contributed by atoms with Gasteiger partial charge >= 0.3 is 0 Å². The molecular formula is C25H23FN4O2S. The van der Waals surface area contributed by atoms with Crippen LogP contribution in [0.5, 0.6) is 5.75 Å². The molecule has 33 heavy (non-hydrogen) atoms. The molecule has 8 heteroatoms. The number of nitrogens with one attached hydrogen (secondary N) is 1. The Bertz CT molecular complexity index is 1260. The Kier molecular flexibility index (Phi) is 7.04. The van der Waals surface area contributed by atoms with Crippen molar-refractivity contribution in [3.63, 3.8) is 0 Å². The van der Waals surface area contributed by atoms with Crippen LogP contribution in [0.1, 0.15) is 11.1 Å². The number of para-hydroxylation sites is 1. The Hall–Kier alpha value is -3.65. The van der Waals surface area contributed by atoms with Crippen molar-refractivity contribution in [2.45, 2.75) is 18.6 Å². The van der Waals surface area contributed by atoms with Gasteiger partial charge in [-0.1, -0.05) is 59.8 Å². The number of hydrogen-bond acceptors (Lipinski definition) is 5. The summed E-state index contributed by atoms with van der Waals surface area (Å²) in [5.74, 6) is 0.699. The molecule has 0 saturated carbocycles. The van der Waals surface area contributed by atoms with Gasteiger partial charge in [0.2, 0.25) is 5.91 Å². The molecule has 4 aromatic rings. The first kappa shape index (κ1) is 22.5. The molecule has 6 nitrogen and oxygen atoms in total. The average molecular weight is 463 g/mol. The third-order valence-corrected chi connectivity index (χ3v) is 5.97. The standard InChI is InChI=1S/C25H23FN4O2S/c1-17-11-13-19(14-12-17)30-24(20-8-4-5-9-21(20)26)28-29-25(30)33-16-23(31)27-15-18-7-3-6-10-22(18)32-2/h3-14H,15-16H2,1-2H3,(H,27,31). The number of thioether (sulfide) groups is 1. The summed E-state index contributed by atoms with van der Waals surface area (Å²) in [6, 6.07) is 21.8. The summed E-state index contributed by atoms with van der Waals surface area (Å²) in [6.45, 7) is 2.35. The Morgan fingerprint density at radius 2 is 1.76 bits per heavy atom. The highest BCUT2D eigenvalue weighted by molar-refractivity contribution is 7.99. The molecule has 0 saturated heterocycles. The van der Waals surface area contributed by atoms with Crippen LogP contribution in [0.15, 0.2) is 78.0 Å². The predicted molar refractivity (Wildman–Crippen MR) is 127 cm³/mol. The van der Waals surface area contributed by atoms with Crippen molar-refractivity contribution < 1.29 is 13.9 Å². The molecule has 1 N–H and O–H groups in total.